The van der Waals surface area contributed by atoms with E-state index in [4.69, 9.17) is 16.3 Å². The Balaban J connectivity index is 2.93. The molecular weight excluding hydrogens is 272 g/mol. The molecule has 0 saturated heterocycles. The minimum atomic E-state index is -1.05. The molecule has 1 unspecified atom stereocenters. The Morgan fingerprint density at radius 1 is 1.48 bits per heavy atom. The minimum absolute atomic E-state index is 0.297. The number of nitrogens with one attached hydrogen (secondary N) is 1. The number of carboxylic acids is 1. The predicted octanol–water partition coefficient (Wildman–Crippen LogP) is 2.10. The van der Waals surface area contributed by atoms with E-state index in [1.807, 2.05) is 0 Å². The lowest BCUT2D eigenvalue weighted by Crippen LogP contribution is -2.35. The number of nitrogens with zero attached hydrogens (tertiary/aromatic N) is 1. The highest BCUT2D eigenvalue weighted by Gasteiger charge is 2.22. The molecule has 0 aliphatic heterocycles. The highest BCUT2D eigenvalue weighted by atomic mass is 16.6. The van der Waals surface area contributed by atoms with E-state index in [9.17, 15) is 9.59 Å². The maximum Gasteiger partial charge on any atom is 0.408 e. The van der Waals surface area contributed by atoms with Crippen LogP contribution in [0.1, 0.15) is 44.4 Å². The van der Waals surface area contributed by atoms with Gasteiger partial charge in [0.05, 0.1) is 12.5 Å². The number of hydrogen-bond donors (Lipinski definition) is 2. The molecule has 1 aromatic rings. The van der Waals surface area contributed by atoms with Crippen LogP contribution in [-0.4, -0.2) is 27.8 Å². The molecule has 1 rings (SSSR count). The molecule has 0 spiro atoms. The van der Waals surface area contributed by atoms with Crippen molar-refractivity contribution in [2.75, 3.05) is 0 Å². The summed E-state index contributed by atoms with van der Waals surface area (Å²) in [7, 11) is 0. The van der Waals surface area contributed by atoms with Gasteiger partial charge in [-0.1, -0.05) is 5.92 Å². The van der Waals surface area contributed by atoms with Crippen LogP contribution in [0.15, 0.2) is 18.5 Å². The smallest absolute Gasteiger partial charge is 0.408 e. The third-order valence-electron chi connectivity index (χ3n) is 2.40. The molecular formula is C15H18N2O4. The zero-order valence-electron chi connectivity index (χ0n) is 12.2. The number of aliphatic carboxylic acids is 1. The molecule has 21 heavy (non-hydrogen) atoms. The van der Waals surface area contributed by atoms with Gasteiger partial charge in [0.1, 0.15) is 5.60 Å². The molecule has 1 heterocycles. The molecule has 1 amide bonds. The van der Waals surface area contributed by atoms with Crippen LogP contribution in [0.25, 0.3) is 0 Å². The van der Waals surface area contributed by atoms with Gasteiger partial charge in [-0.3, -0.25) is 9.78 Å². The average molecular weight is 290 g/mol. The third kappa shape index (κ3) is 5.95. The second-order valence-electron chi connectivity index (χ2n) is 5.45. The maximum atomic E-state index is 11.8. The van der Waals surface area contributed by atoms with E-state index in [0.717, 1.165) is 0 Å². The van der Waals surface area contributed by atoms with Crippen LogP contribution < -0.4 is 5.32 Å². The van der Waals surface area contributed by atoms with Crippen LogP contribution in [0, 0.1) is 12.3 Å². The number of aromatic nitrogens is 1. The normalized spacial score (nSPS) is 12.1. The number of rotatable bonds is 4. The Bertz CT molecular complexity index is 570. The molecule has 6 nitrogen and oxygen atoms in total. The van der Waals surface area contributed by atoms with E-state index in [2.05, 4.69) is 16.2 Å². The van der Waals surface area contributed by atoms with Crippen LogP contribution in [0.3, 0.4) is 0 Å². The van der Waals surface area contributed by atoms with Crippen LogP contribution in [-0.2, 0) is 9.53 Å². The second kappa shape index (κ2) is 6.75. The van der Waals surface area contributed by atoms with E-state index in [-0.39, 0.29) is 6.42 Å². The fourth-order valence-corrected chi connectivity index (χ4v) is 1.60. The van der Waals surface area contributed by atoms with E-state index in [1.54, 1.807) is 26.8 Å². The number of pyridine rings is 1. The zero-order valence-corrected chi connectivity index (χ0v) is 12.2. The molecule has 1 atom stereocenters. The Kier molecular flexibility index (Phi) is 5.30. The number of carbonyl (C=O) groups excluding carboxylic acids is 1. The molecule has 0 aliphatic rings. The molecule has 0 aromatic carbocycles. The van der Waals surface area contributed by atoms with Gasteiger partial charge in [-0.2, -0.15) is 0 Å². The van der Waals surface area contributed by atoms with E-state index >= 15 is 0 Å². The summed E-state index contributed by atoms with van der Waals surface area (Å²) in [5.41, 5.74) is 0.351. The molecule has 0 aliphatic carbocycles. The summed E-state index contributed by atoms with van der Waals surface area (Å²) in [6, 6.07) is 0.844. The first kappa shape index (κ1) is 16.5. The summed E-state index contributed by atoms with van der Waals surface area (Å²) in [6.45, 7) is 5.16. The fourth-order valence-electron chi connectivity index (χ4n) is 1.60. The van der Waals surface area contributed by atoms with E-state index < -0.39 is 23.7 Å². The molecule has 1 aromatic heterocycles. The third-order valence-corrected chi connectivity index (χ3v) is 2.40. The maximum absolute atomic E-state index is 11.8. The van der Waals surface area contributed by atoms with Crippen LogP contribution in [0.5, 0.6) is 0 Å². The van der Waals surface area contributed by atoms with Crippen molar-refractivity contribution in [2.45, 2.75) is 38.8 Å². The van der Waals surface area contributed by atoms with Crippen LogP contribution >= 0.6 is 0 Å². The van der Waals surface area contributed by atoms with E-state index in [0.29, 0.717) is 11.1 Å². The zero-order chi connectivity index (χ0) is 16.0. The van der Waals surface area contributed by atoms with Gasteiger partial charge in [0.15, 0.2) is 0 Å². The molecule has 112 valence electrons. The average Bonchev–Trinajstić information content (AvgIpc) is 2.35. The Hall–Kier alpha value is -2.55. The van der Waals surface area contributed by atoms with Crippen molar-refractivity contribution in [3.8, 4) is 12.3 Å². The van der Waals surface area contributed by atoms with E-state index in [1.165, 1.54) is 12.4 Å². The van der Waals surface area contributed by atoms with Gasteiger partial charge in [0, 0.05) is 18.0 Å². The predicted molar refractivity (Wildman–Crippen MR) is 76.5 cm³/mol. The van der Waals surface area contributed by atoms with Gasteiger partial charge in [-0.25, -0.2) is 4.79 Å². The summed E-state index contributed by atoms with van der Waals surface area (Å²) in [4.78, 5) is 26.7. The topological polar surface area (TPSA) is 88.5 Å². The second-order valence-corrected chi connectivity index (χ2v) is 5.45. The fraction of sp³-hybridized carbons (Fsp3) is 0.400. The standard InChI is InChI=1S/C15H18N2O4/c1-5-10-6-11(9-16-8-10)12(7-13(18)19)17-14(20)21-15(2,3)4/h1,6,8-9,12H,7H2,2-4H3,(H,17,20)(H,18,19). The summed E-state index contributed by atoms with van der Waals surface area (Å²) < 4.78 is 5.12. The monoisotopic (exact) mass is 290 g/mol. The molecule has 6 heteroatoms. The quantitative estimate of drug-likeness (QED) is 0.829. The van der Waals surface area contributed by atoms with Crippen molar-refractivity contribution < 1.29 is 19.4 Å². The van der Waals surface area contributed by atoms with Crippen LogP contribution in [0.2, 0.25) is 0 Å². The highest BCUT2D eigenvalue weighted by Crippen LogP contribution is 2.18. The Morgan fingerprint density at radius 3 is 2.67 bits per heavy atom. The number of terminal acetylenes is 1. The van der Waals surface area contributed by atoms with Gasteiger partial charge in [-0.15, -0.1) is 6.42 Å². The van der Waals surface area contributed by atoms with Gasteiger partial charge in [0.2, 0.25) is 0 Å². The summed E-state index contributed by atoms with van der Waals surface area (Å²) >= 11 is 0. The summed E-state index contributed by atoms with van der Waals surface area (Å²) in [5.74, 6) is 1.36. The molecule has 0 fully saturated rings. The van der Waals surface area contributed by atoms with Crippen molar-refractivity contribution in [1.29, 1.82) is 0 Å². The highest BCUT2D eigenvalue weighted by molar-refractivity contribution is 5.72. The first-order valence-electron chi connectivity index (χ1n) is 6.34. The number of carbonyl (C=O) groups is 2. The van der Waals surface area contributed by atoms with Crippen molar-refractivity contribution in [1.82, 2.24) is 10.3 Å². The lowest BCUT2D eigenvalue weighted by Gasteiger charge is -2.23. The number of carboxylic acid groups (broad SMARTS) is 1. The molecule has 0 bridgehead atoms. The van der Waals surface area contributed by atoms with Crippen molar-refractivity contribution >= 4 is 12.1 Å². The first-order chi connectivity index (χ1) is 9.71. The number of hydrogen-bond acceptors (Lipinski definition) is 4. The molecule has 0 radical (unpaired) electrons. The molecule has 2 N–H and O–H groups in total. The first-order valence-corrected chi connectivity index (χ1v) is 6.34. The summed E-state index contributed by atoms with van der Waals surface area (Å²) in [6.07, 6.45) is 7.24. The Morgan fingerprint density at radius 2 is 2.14 bits per heavy atom. The SMILES string of the molecule is C#Cc1cncc(C(CC(=O)O)NC(=O)OC(C)(C)C)c1. The molecule has 0 saturated carbocycles. The largest absolute Gasteiger partial charge is 0.481 e. The van der Waals surface area contributed by atoms with Gasteiger partial charge in [0.25, 0.3) is 0 Å². The van der Waals surface area contributed by atoms with Gasteiger partial charge < -0.3 is 15.2 Å². The number of amides is 1. The van der Waals surface area contributed by atoms with Crippen molar-refractivity contribution in [3.63, 3.8) is 0 Å². The number of ether oxygens (including phenoxy) is 1. The summed E-state index contributed by atoms with van der Waals surface area (Å²) in [5, 5.41) is 11.5. The minimum Gasteiger partial charge on any atom is -0.481 e. The lowest BCUT2D eigenvalue weighted by molar-refractivity contribution is -0.137. The van der Waals surface area contributed by atoms with Gasteiger partial charge in [-0.05, 0) is 32.4 Å². The number of alkyl carbamates (subject to hydrolysis) is 1. The van der Waals surface area contributed by atoms with Crippen LogP contribution in [0.4, 0.5) is 4.79 Å². The lowest BCUT2D eigenvalue weighted by atomic mass is 10.0. The van der Waals surface area contributed by atoms with Gasteiger partial charge >= 0.3 is 12.1 Å². The van der Waals surface area contributed by atoms with Crippen molar-refractivity contribution in [2.24, 2.45) is 0 Å². The van der Waals surface area contributed by atoms with Crippen molar-refractivity contribution in [3.05, 3.63) is 29.6 Å². The Labute approximate surface area is 123 Å².